The molecule has 5 heteroatoms. The van der Waals surface area contributed by atoms with Gasteiger partial charge < -0.3 is 9.47 Å². The summed E-state index contributed by atoms with van der Waals surface area (Å²) in [6, 6.07) is 0. The zero-order chi connectivity index (χ0) is 16.4. The van der Waals surface area contributed by atoms with E-state index in [-0.39, 0.29) is 24.5 Å². The van der Waals surface area contributed by atoms with Crippen LogP contribution in [0.4, 0.5) is 0 Å². The van der Waals surface area contributed by atoms with Crippen molar-refractivity contribution >= 4 is 17.7 Å². The summed E-state index contributed by atoms with van der Waals surface area (Å²) in [7, 11) is 0. The highest BCUT2D eigenvalue weighted by Gasteiger charge is 2.41. The van der Waals surface area contributed by atoms with Crippen molar-refractivity contribution in [1.82, 2.24) is 0 Å². The normalized spacial score (nSPS) is 29.9. The van der Waals surface area contributed by atoms with E-state index in [1.54, 1.807) is 0 Å². The van der Waals surface area contributed by atoms with Crippen molar-refractivity contribution in [1.29, 1.82) is 0 Å². The second-order valence-corrected chi connectivity index (χ2v) is 5.80. The molecular weight excluding hydrogens is 284 g/mol. The van der Waals surface area contributed by atoms with Gasteiger partial charge in [-0.25, -0.2) is 4.79 Å². The summed E-state index contributed by atoms with van der Waals surface area (Å²) in [6.45, 7) is 12.8. The zero-order valence-corrected chi connectivity index (χ0v) is 12.7. The highest BCUT2D eigenvalue weighted by atomic mass is 16.6. The summed E-state index contributed by atoms with van der Waals surface area (Å²) in [5.41, 5.74) is 1.44. The van der Waals surface area contributed by atoms with Crippen LogP contribution in [0, 0.1) is 5.92 Å². The molecule has 1 saturated heterocycles. The number of carbonyl (C=O) groups is 3. The summed E-state index contributed by atoms with van der Waals surface area (Å²) >= 11 is 0. The van der Waals surface area contributed by atoms with Gasteiger partial charge in [-0.1, -0.05) is 19.7 Å². The molecule has 2 aliphatic rings. The topological polar surface area (TPSA) is 69.7 Å². The minimum Gasteiger partial charge on any atom is -0.458 e. The Bertz CT molecular complexity index is 572. The van der Waals surface area contributed by atoms with Crippen LogP contribution in [0.1, 0.15) is 32.6 Å². The largest absolute Gasteiger partial charge is 0.458 e. The van der Waals surface area contributed by atoms with Crippen LogP contribution >= 0.6 is 0 Å². The van der Waals surface area contributed by atoms with Crippen molar-refractivity contribution < 1.29 is 23.9 Å². The molecule has 0 radical (unpaired) electrons. The van der Waals surface area contributed by atoms with E-state index in [9.17, 15) is 14.4 Å². The molecule has 2 fully saturated rings. The van der Waals surface area contributed by atoms with Gasteiger partial charge in [0, 0.05) is 31.3 Å². The maximum Gasteiger partial charge on any atom is 0.334 e. The molecule has 1 heterocycles. The van der Waals surface area contributed by atoms with Gasteiger partial charge in [0.2, 0.25) is 0 Å². The fourth-order valence-corrected chi connectivity index (χ4v) is 2.85. The van der Waals surface area contributed by atoms with Gasteiger partial charge in [-0.05, 0) is 24.0 Å². The van der Waals surface area contributed by atoms with E-state index in [4.69, 9.17) is 9.47 Å². The molecule has 0 spiro atoms. The minimum absolute atomic E-state index is 0.0862. The molecule has 0 aromatic heterocycles. The molecule has 2 rings (SSSR count). The quantitative estimate of drug-likeness (QED) is 0.422. The molecule has 5 nitrogen and oxygen atoms in total. The van der Waals surface area contributed by atoms with Crippen LogP contribution in [0.2, 0.25) is 0 Å². The number of ether oxygens (including phenoxy) is 2. The highest BCUT2D eigenvalue weighted by molar-refractivity contribution is 5.95. The first kappa shape index (κ1) is 16.2. The zero-order valence-electron chi connectivity index (χ0n) is 12.7. The average Bonchev–Trinajstić information content (AvgIpc) is 2.69. The van der Waals surface area contributed by atoms with E-state index in [0.29, 0.717) is 29.6 Å². The monoisotopic (exact) mass is 304 g/mol. The van der Waals surface area contributed by atoms with Gasteiger partial charge in [0.1, 0.15) is 12.2 Å². The Morgan fingerprint density at radius 3 is 2.55 bits per heavy atom. The van der Waals surface area contributed by atoms with Gasteiger partial charge in [0.15, 0.2) is 5.78 Å². The Morgan fingerprint density at radius 1 is 1.23 bits per heavy atom. The third-order valence-corrected chi connectivity index (χ3v) is 4.16. The van der Waals surface area contributed by atoms with Crippen LogP contribution in [0.25, 0.3) is 0 Å². The molecule has 0 bridgehead atoms. The highest BCUT2D eigenvalue weighted by Crippen LogP contribution is 2.37. The third kappa shape index (κ3) is 3.35. The molecule has 118 valence electrons. The fourth-order valence-electron chi connectivity index (χ4n) is 2.85. The second kappa shape index (κ2) is 6.30. The Morgan fingerprint density at radius 2 is 1.91 bits per heavy atom. The lowest BCUT2D eigenvalue weighted by molar-refractivity contribution is -0.146. The lowest BCUT2D eigenvalue weighted by Gasteiger charge is -2.26. The molecule has 0 amide bonds. The summed E-state index contributed by atoms with van der Waals surface area (Å²) in [4.78, 5) is 35.1. The first-order chi connectivity index (χ1) is 10.3. The third-order valence-electron chi connectivity index (χ3n) is 4.16. The lowest BCUT2D eigenvalue weighted by atomic mass is 9.83. The number of esters is 2. The van der Waals surface area contributed by atoms with E-state index in [2.05, 4.69) is 19.7 Å². The summed E-state index contributed by atoms with van der Waals surface area (Å²) in [6.07, 6.45) is 0.328. The summed E-state index contributed by atoms with van der Waals surface area (Å²) < 4.78 is 10.6. The van der Waals surface area contributed by atoms with Crippen molar-refractivity contribution in [3.8, 4) is 0 Å². The van der Waals surface area contributed by atoms with Gasteiger partial charge in [0.05, 0.1) is 0 Å². The molecule has 0 aromatic carbocycles. The molecule has 1 saturated carbocycles. The number of hydrogen-bond acceptors (Lipinski definition) is 5. The number of Topliss-reactive ketones (excluding diaryl/α,β-unsaturated/α-hetero) is 1. The SMILES string of the molecule is C=C1CC2OC(=O)C(=C)C2CC(OC(C)=O)C(=C)CCC1=O. The van der Waals surface area contributed by atoms with Crippen LogP contribution in [0.15, 0.2) is 36.5 Å². The molecule has 1 aliphatic carbocycles. The van der Waals surface area contributed by atoms with E-state index < -0.39 is 24.1 Å². The number of ketones is 1. The van der Waals surface area contributed by atoms with Crippen LogP contribution < -0.4 is 0 Å². The number of rotatable bonds is 1. The standard InChI is InChI=1S/C17H20O5/c1-9-5-6-14(19)10(2)7-16-13(11(3)17(20)22-16)8-15(9)21-12(4)18/h13,15-16H,1-3,5-8H2,4H3. The average molecular weight is 304 g/mol. The summed E-state index contributed by atoms with van der Waals surface area (Å²) in [5, 5.41) is 0. The molecular formula is C17H20O5. The van der Waals surface area contributed by atoms with Gasteiger partial charge >= 0.3 is 11.9 Å². The predicted octanol–water partition coefficient (Wildman–Crippen LogP) is 2.27. The van der Waals surface area contributed by atoms with Crippen LogP contribution in [-0.4, -0.2) is 29.9 Å². The van der Waals surface area contributed by atoms with Crippen molar-refractivity contribution in [3.05, 3.63) is 36.5 Å². The van der Waals surface area contributed by atoms with Crippen LogP contribution in [-0.2, 0) is 23.9 Å². The molecule has 3 atom stereocenters. The lowest BCUT2D eigenvalue weighted by Crippen LogP contribution is -2.29. The van der Waals surface area contributed by atoms with Gasteiger partial charge in [-0.2, -0.15) is 0 Å². The first-order valence-electron chi connectivity index (χ1n) is 7.25. The Kier molecular flexibility index (Phi) is 4.64. The first-order valence-corrected chi connectivity index (χ1v) is 7.25. The Labute approximate surface area is 129 Å². The molecule has 0 N–H and O–H groups in total. The van der Waals surface area contributed by atoms with Gasteiger partial charge in [-0.15, -0.1) is 0 Å². The smallest absolute Gasteiger partial charge is 0.334 e. The van der Waals surface area contributed by atoms with Gasteiger partial charge in [-0.3, -0.25) is 9.59 Å². The molecule has 0 aromatic rings. The number of hydrogen-bond donors (Lipinski definition) is 0. The van der Waals surface area contributed by atoms with Crippen LogP contribution in [0.3, 0.4) is 0 Å². The second-order valence-electron chi connectivity index (χ2n) is 5.80. The van der Waals surface area contributed by atoms with Crippen molar-refractivity contribution in [2.75, 3.05) is 0 Å². The summed E-state index contributed by atoms with van der Waals surface area (Å²) in [5.74, 6) is -1.29. The van der Waals surface area contributed by atoms with E-state index in [1.807, 2.05) is 0 Å². The Balaban J connectivity index is 2.30. The van der Waals surface area contributed by atoms with Gasteiger partial charge in [0.25, 0.3) is 0 Å². The van der Waals surface area contributed by atoms with Crippen LogP contribution in [0.5, 0.6) is 0 Å². The molecule has 3 unspecified atom stereocenters. The maximum atomic E-state index is 12.0. The van der Waals surface area contributed by atoms with E-state index in [0.717, 1.165) is 0 Å². The van der Waals surface area contributed by atoms with Crippen molar-refractivity contribution in [2.24, 2.45) is 5.92 Å². The van der Waals surface area contributed by atoms with E-state index >= 15 is 0 Å². The number of fused-ring (bicyclic) bond motifs is 1. The fraction of sp³-hybridized carbons (Fsp3) is 0.471. The minimum atomic E-state index is -0.546. The molecule has 1 aliphatic heterocycles. The predicted molar refractivity (Wildman–Crippen MR) is 79.8 cm³/mol. The molecule has 22 heavy (non-hydrogen) atoms. The van der Waals surface area contributed by atoms with Crippen molar-refractivity contribution in [2.45, 2.75) is 44.8 Å². The maximum absolute atomic E-state index is 12.0. The van der Waals surface area contributed by atoms with Crippen molar-refractivity contribution in [3.63, 3.8) is 0 Å². The Hall–Kier alpha value is -2.17. The number of carbonyl (C=O) groups excluding carboxylic acids is 3. The van der Waals surface area contributed by atoms with E-state index in [1.165, 1.54) is 6.92 Å².